The van der Waals surface area contributed by atoms with Crippen LogP contribution in [0.25, 0.3) is 0 Å². The lowest BCUT2D eigenvalue weighted by Crippen LogP contribution is -2.42. The van der Waals surface area contributed by atoms with E-state index >= 15 is 0 Å². The summed E-state index contributed by atoms with van der Waals surface area (Å²) >= 11 is 0. The molecule has 1 fully saturated rings. The van der Waals surface area contributed by atoms with Crippen LogP contribution in [0.5, 0.6) is 0 Å². The first-order valence-corrected chi connectivity index (χ1v) is 5.45. The molecule has 0 radical (unpaired) electrons. The number of anilines is 1. The maximum atomic E-state index is 11.5. The van der Waals surface area contributed by atoms with Crippen molar-refractivity contribution in [2.75, 3.05) is 18.5 Å². The SMILES string of the molecule is O=C(CNc1ccccc1)NC1(CO)CC1. The number of aliphatic hydroxyl groups excluding tert-OH is 1. The maximum absolute atomic E-state index is 11.5. The van der Waals surface area contributed by atoms with Gasteiger partial charge in [0.25, 0.3) is 0 Å². The molecule has 1 aromatic carbocycles. The Labute approximate surface area is 94.7 Å². The number of hydrogen-bond acceptors (Lipinski definition) is 3. The van der Waals surface area contributed by atoms with E-state index in [4.69, 9.17) is 5.11 Å². The molecule has 2 rings (SSSR count). The Morgan fingerprint density at radius 2 is 2.00 bits per heavy atom. The average molecular weight is 220 g/mol. The van der Waals surface area contributed by atoms with Gasteiger partial charge in [-0.05, 0) is 25.0 Å². The highest BCUT2D eigenvalue weighted by Gasteiger charge is 2.43. The summed E-state index contributed by atoms with van der Waals surface area (Å²) in [5.74, 6) is -0.0737. The highest BCUT2D eigenvalue weighted by molar-refractivity contribution is 5.81. The number of carbonyl (C=O) groups is 1. The summed E-state index contributed by atoms with van der Waals surface area (Å²) in [7, 11) is 0. The van der Waals surface area contributed by atoms with Crippen LogP contribution in [0.15, 0.2) is 30.3 Å². The van der Waals surface area contributed by atoms with Gasteiger partial charge in [0.15, 0.2) is 0 Å². The second kappa shape index (κ2) is 4.53. The van der Waals surface area contributed by atoms with Crippen LogP contribution < -0.4 is 10.6 Å². The quantitative estimate of drug-likeness (QED) is 0.686. The third-order valence-corrected chi connectivity index (χ3v) is 2.79. The topological polar surface area (TPSA) is 61.4 Å². The first-order valence-electron chi connectivity index (χ1n) is 5.45. The minimum absolute atomic E-state index is 0.0318. The number of nitrogens with one attached hydrogen (secondary N) is 2. The van der Waals surface area contributed by atoms with Crippen molar-refractivity contribution in [3.05, 3.63) is 30.3 Å². The van der Waals surface area contributed by atoms with Crippen LogP contribution in [-0.2, 0) is 4.79 Å². The zero-order chi connectivity index (χ0) is 11.4. The number of hydrogen-bond donors (Lipinski definition) is 3. The molecule has 0 unspecified atom stereocenters. The molecule has 0 atom stereocenters. The van der Waals surface area contributed by atoms with Gasteiger partial charge in [0.1, 0.15) is 0 Å². The van der Waals surface area contributed by atoms with Crippen LogP contribution in [0, 0.1) is 0 Å². The molecule has 1 amide bonds. The van der Waals surface area contributed by atoms with E-state index in [2.05, 4.69) is 10.6 Å². The minimum Gasteiger partial charge on any atom is -0.394 e. The van der Waals surface area contributed by atoms with Crippen molar-refractivity contribution in [2.24, 2.45) is 0 Å². The summed E-state index contributed by atoms with van der Waals surface area (Å²) in [6.07, 6.45) is 1.75. The lowest BCUT2D eigenvalue weighted by Gasteiger charge is -2.14. The Morgan fingerprint density at radius 1 is 1.31 bits per heavy atom. The molecule has 86 valence electrons. The fourth-order valence-electron chi connectivity index (χ4n) is 1.55. The van der Waals surface area contributed by atoms with Gasteiger partial charge in [-0.3, -0.25) is 4.79 Å². The molecule has 3 N–H and O–H groups in total. The van der Waals surface area contributed by atoms with Gasteiger partial charge in [-0.15, -0.1) is 0 Å². The van der Waals surface area contributed by atoms with Crippen molar-refractivity contribution in [1.82, 2.24) is 5.32 Å². The van der Waals surface area contributed by atoms with Crippen molar-refractivity contribution in [2.45, 2.75) is 18.4 Å². The van der Waals surface area contributed by atoms with Crippen LogP contribution in [0.3, 0.4) is 0 Å². The van der Waals surface area contributed by atoms with Gasteiger partial charge in [0.2, 0.25) is 5.91 Å². The molecule has 0 aromatic heterocycles. The largest absolute Gasteiger partial charge is 0.394 e. The summed E-state index contributed by atoms with van der Waals surface area (Å²) in [4.78, 5) is 11.5. The number of amides is 1. The van der Waals surface area contributed by atoms with E-state index in [9.17, 15) is 4.79 Å². The van der Waals surface area contributed by atoms with Gasteiger partial charge >= 0.3 is 0 Å². The van der Waals surface area contributed by atoms with Crippen LogP contribution >= 0.6 is 0 Å². The van der Waals surface area contributed by atoms with Crippen LogP contribution in [0.2, 0.25) is 0 Å². The number of rotatable bonds is 5. The molecule has 0 spiro atoms. The predicted octanol–water partition coefficient (Wildman–Crippen LogP) is 0.740. The predicted molar refractivity (Wildman–Crippen MR) is 62.1 cm³/mol. The Kier molecular flexibility index (Phi) is 3.10. The minimum atomic E-state index is -0.324. The van der Waals surface area contributed by atoms with E-state index in [1.165, 1.54) is 0 Å². The third kappa shape index (κ3) is 2.73. The summed E-state index contributed by atoms with van der Waals surface area (Å²) in [5.41, 5.74) is 0.599. The van der Waals surface area contributed by atoms with Gasteiger partial charge in [0, 0.05) is 5.69 Å². The van der Waals surface area contributed by atoms with Crippen molar-refractivity contribution in [3.8, 4) is 0 Å². The van der Waals surface area contributed by atoms with E-state index in [0.717, 1.165) is 18.5 Å². The summed E-state index contributed by atoms with van der Waals surface area (Å²) in [5, 5.41) is 14.9. The van der Waals surface area contributed by atoms with Crippen LogP contribution in [0.1, 0.15) is 12.8 Å². The Hall–Kier alpha value is -1.55. The molecular formula is C12H16N2O2. The molecule has 1 saturated carbocycles. The van der Waals surface area contributed by atoms with Crippen molar-refractivity contribution in [1.29, 1.82) is 0 Å². The molecule has 4 nitrogen and oxygen atoms in total. The van der Waals surface area contributed by atoms with Gasteiger partial charge in [0.05, 0.1) is 18.7 Å². The van der Waals surface area contributed by atoms with Gasteiger partial charge in [-0.2, -0.15) is 0 Å². The molecule has 0 saturated heterocycles. The molecule has 1 aliphatic carbocycles. The lowest BCUT2D eigenvalue weighted by molar-refractivity contribution is -0.120. The summed E-state index contributed by atoms with van der Waals surface area (Å²) in [6, 6.07) is 9.57. The summed E-state index contributed by atoms with van der Waals surface area (Å²) < 4.78 is 0. The van der Waals surface area contributed by atoms with E-state index in [0.29, 0.717) is 0 Å². The van der Waals surface area contributed by atoms with Crippen molar-refractivity contribution in [3.63, 3.8) is 0 Å². The number of para-hydroxylation sites is 1. The Morgan fingerprint density at radius 3 is 2.56 bits per heavy atom. The van der Waals surface area contributed by atoms with Crippen LogP contribution in [-0.4, -0.2) is 29.7 Å². The second-order valence-corrected chi connectivity index (χ2v) is 4.21. The smallest absolute Gasteiger partial charge is 0.239 e. The summed E-state index contributed by atoms with van der Waals surface area (Å²) in [6.45, 7) is 0.274. The van der Waals surface area contributed by atoms with E-state index < -0.39 is 0 Å². The lowest BCUT2D eigenvalue weighted by atomic mass is 10.3. The van der Waals surface area contributed by atoms with E-state index in [-0.39, 0.29) is 24.6 Å². The highest BCUT2D eigenvalue weighted by Crippen LogP contribution is 2.34. The first kappa shape index (κ1) is 11.0. The number of benzene rings is 1. The molecule has 0 heterocycles. The average Bonchev–Trinajstić information content (AvgIpc) is 3.08. The highest BCUT2D eigenvalue weighted by atomic mass is 16.3. The molecule has 0 bridgehead atoms. The third-order valence-electron chi connectivity index (χ3n) is 2.79. The van der Waals surface area contributed by atoms with Gasteiger partial charge in [-0.25, -0.2) is 0 Å². The zero-order valence-electron chi connectivity index (χ0n) is 9.07. The Bertz CT molecular complexity index is 361. The Balaban J connectivity index is 1.76. The van der Waals surface area contributed by atoms with E-state index in [1.54, 1.807) is 0 Å². The first-order chi connectivity index (χ1) is 7.74. The second-order valence-electron chi connectivity index (χ2n) is 4.21. The molecule has 0 aliphatic heterocycles. The fraction of sp³-hybridized carbons (Fsp3) is 0.417. The zero-order valence-corrected chi connectivity index (χ0v) is 9.07. The van der Waals surface area contributed by atoms with E-state index in [1.807, 2.05) is 30.3 Å². The van der Waals surface area contributed by atoms with Gasteiger partial charge in [-0.1, -0.05) is 18.2 Å². The standard InChI is InChI=1S/C12H16N2O2/c15-9-12(6-7-12)14-11(16)8-13-10-4-2-1-3-5-10/h1-5,13,15H,6-9H2,(H,14,16). The monoisotopic (exact) mass is 220 g/mol. The molecule has 4 heteroatoms. The molecule has 1 aliphatic rings. The molecule has 16 heavy (non-hydrogen) atoms. The molecular weight excluding hydrogens is 204 g/mol. The van der Waals surface area contributed by atoms with Gasteiger partial charge < -0.3 is 15.7 Å². The normalized spacial score (nSPS) is 16.6. The van der Waals surface area contributed by atoms with Crippen molar-refractivity contribution >= 4 is 11.6 Å². The maximum Gasteiger partial charge on any atom is 0.239 e. The molecule has 1 aromatic rings. The number of aliphatic hydroxyl groups is 1. The van der Waals surface area contributed by atoms with Crippen molar-refractivity contribution < 1.29 is 9.90 Å². The van der Waals surface area contributed by atoms with Crippen LogP contribution in [0.4, 0.5) is 5.69 Å². The number of carbonyl (C=O) groups excluding carboxylic acids is 1. The fourth-order valence-corrected chi connectivity index (χ4v) is 1.55.